The van der Waals surface area contributed by atoms with E-state index in [0.29, 0.717) is 11.5 Å². The topological polar surface area (TPSA) is 65.1 Å². The van der Waals surface area contributed by atoms with Crippen molar-refractivity contribution in [2.45, 2.75) is 26.7 Å². The fourth-order valence-corrected chi connectivity index (χ4v) is 1.92. The SMILES string of the molecule is CCCCN(C)c1nc(=N)n(O)c(C)c1Br. The Morgan fingerprint density at radius 2 is 2.19 bits per heavy atom. The van der Waals surface area contributed by atoms with Crippen LogP contribution in [0, 0.1) is 12.3 Å². The predicted molar refractivity (Wildman–Crippen MR) is 65.9 cm³/mol. The monoisotopic (exact) mass is 288 g/mol. The highest BCUT2D eigenvalue weighted by molar-refractivity contribution is 9.10. The van der Waals surface area contributed by atoms with Gasteiger partial charge in [-0.25, -0.2) is 0 Å². The van der Waals surface area contributed by atoms with E-state index in [1.807, 2.05) is 11.9 Å². The molecule has 0 aliphatic carbocycles. The third-order valence-corrected chi connectivity index (χ3v) is 3.38. The molecule has 1 heterocycles. The van der Waals surface area contributed by atoms with E-state index in [2.05, 4.69) is 27.8 Å². The summed E-state index contributed by atoms with van der Waals surface area (Å²) in [4.78, 5) is 6.03. The molecule has 90 valence electrons. The van der Waals surface area contributed by atoms with Crippen molar-refractivity contribution in [2.75, 3.05) is 18.5 Å². The Labute approximate surface area is 103 Å². The van der Waals surface area contributed by atoms with Gasteiger partial charge >= 0.3 is 0 Å². The number of nitrogens with one attached hydrogen (secondary N) is 1. The standard InChI is InChI=1S/C10H17BrN4O/c1-4-5-6-14(3)9-8(11)7(2)15(16)10(12)13-9/h12,16H,4-6H2,1-3H3. The van der Waals surface area contributed by atoms with Crippen molar-refractivity contribution in [2.24, 2.45) is 0 Å². The molecule has 2 N–H and O–H groups in total. The van der Waals surface area contributed by atoms with Gasteiger partial charge in [0.1, 0.15) is 5.82 Å². The van der Waals surface area contributed by atoms with Crippen molar-refractivity contribution in [1.82, 2.24) is 9.71 Å². The minimum atomic E-state index is -0.154. The van der Waals surface area contributed by atoms with Crippen LogP contribution in [0.15, 0.2) is 4.47 Å². The molecule has 0 bridgehead atoms. The number of halogens is 1. The maximum absolute atomic E-state index is 9.49. The highest BCUT2D eigenvalue weighted by Crippen LogP contribution is 2.24. The normalized spacial score (nSPS) is 10.5. The molecule has 16 heavy (non-hydrogen) atoms. The summed E-state index contributed by atoms with van der Waals surface area (Å²) in [6, 6.07) is 0. The lowest BCUT2D eigenvalue weighted by Gasteiger charge is -2.20. The van der Waals surface area contributed by atoms with E-state index in [0.717, 1.165) is 28.6 Å². The van der Waals surface area contributed by atoms with E-state index in [-0.39, 0.29) is 5.62 Å². The van der Waals surface area contributed by atoms with Crippen molar-refractivity contribution in [3.05, 3.63) is 15.8 Å². The van der Waals surface area contributed by atoms with Gasteiger partial charge in [-0.3, -0.25) is 5.41 Å². The molecule has 1 rings (SSSR count). The minimum absolute atomic E-state index is 0.154. The van der Waals surface area contributed by atoms with Crippen LogP contribution in [0.25, 0.3) is 0 Å². The first-order chi connectivity index (χ1) is 7.49. The van der Waals surface area contributed by atoms with Gasteiger partial charge in [-0.1, -0.05) is 13.3 Å². The van der Waals surface area contributed by atoms with Crippen LogP contribution in [-0.4, -0.2) is 28.5 Å². The maximum atomic E-state index is 9.49. The summed E-state index contributed by atoms with van der Waals surface area (Å²) in [6.45, 7) is 4.75. The third kappa shape index (κ3) is 2.55. The molecule has 0 radical (unpaired) electrons. The van der Waals surface area contributed by atoms with Crippen LogP contribution >= 0.6 is 15.9 Å². The first kappa shape index (κ1) is 13.0. The second-order valence-corrected chi connectivity index (χ2v) is 4.54. The Morgan fingerprint density at radius 3 is 2.75 bits per heavy atom. The average Bonchev–Trinajstić information content (AvgIpc) is 2.28. The molecule has 6 heteroatoms. The lowest BCUT2D eigenvalue weighted by Crippen LogP contribution is -2.29. The summed E-state index contributed by atoms with van der Waals surface area (Å²) in [5, 5.41) is 17.0. The molecule has 0 unspecified atom stereocenters. The van der Waals surface area contributed by atoms with Crippen LogP contribution in [0.3, 0.4) is 0 Å². The highest BCUT2D eigenvalue weighted by Gasteiger charge is 2.13. The summed E-state index contributed by atoms with van der Waals surface area (Å²) >= 11 is 3.39. The third-order valence-electron chi connectivity index (χ3n) is 2.45. The first-order valence-electron chi connectivity index (χ1n) is 5.23. The Morgan fingerprint density at radius 1 is 1.56 bits per heavy atom. The van der Waals surface area contributed by atoms with Crippen LogP contribution < -0.4 is 10.5 Å². The second kappa shape index (κ2) is 5.34. The van der Waals surface area contributed by atoms with Crippen molar-refractivity contribution in [3.63, 3.8) is 0 Å². The zero-order valence-corrected chi connectivity index (χ0v) is 11.4. The Hall–Kier alpha value is -1.04. The number of hydrogen-bond donors (Lipinski definition) is 2. The Kier molecular flexibility index (Phi) is 4.35. The largest absolute Gasteiger partial charge is 0.425 e. The Bertz CT molecular complexity index is 430. The molecule has 0 aliphatic rings. The molecule has 0 saturated heterocycles. The minimum Gasteiger partial charge on any atom is -0.425 e. The van der Waals surface area contributed by atoms with E-state index in [1.54, 1.807) is 6.92 Å². The van der Waals surface area contributed by atoms with Crippen LogP contribution in [-0.2, 0) is 0 Å². The molecule has 0 aromatic carbocycles. The van der Waals surface area contributed by atoms with Crippen LogP contribution in [0.4, 0.5) is 5.82 Å². The fraction of sp³-hybridized carbons (Fsp3) is 0.600. The van der Waals surface area contributed by atoms with Gasteiger partial charge in [-0.15, -0.1) is 0 Å². The van der Waals surface area contributed by atoms with Gasteiger partial charge in [0.2, 0.25) is 0 Å². The van der Waals surface area contributed by atoms with E-state index < -0.39 is 0 Å². The molecule has 5 nitrogen and oxygen atoms in total. The van der Waals surface area contributed by atoms with Crippen LogP contribution in [0.2, 0.25) is 0 Å². The van der Waals surface area contributed by atoms with Gasteiger partial charge in [0, 0.05) is 13.6 Å². The van der Waals surface area contributed by atoms with Crippen molar-refractivity contribution >= 4 is 21.7 Å². The highest BCUT2D eigenvalue weighted by atomic mass is 79.9. The molecule has 0 amide bonds. The van der Waals surface area contributed by atoms with Crippen molar-refractivity contribution < 1.29 is 5.21 Å². The van der Waals surface area contributed by atoms with E-state index >= 15 is 0 Å². The summed E-state index contributed by atoms with van der Waals surface area (Å²) in [7, 11) is 1.93. The van der Waals surface area contributed by atoms with E-state index in [9.17, 15) is 5.21 Å². The van der Waals surface area contributed by atoms with Gasteiger partial charge in [0.25, 0.3) is 5.62 Å². The molecular formula is C10H17BrN4O. The number of nitrogens with zero attached hydrogens (tertiary/aromatic N) is 3. The van der Waals surface area contributed by atoms with Crippen molar-refractivity contribution in [3.8, 4) is 0 Å². The zero-order chi connectivity index (χ0) is 12.3. The molecule has 1 aromatic rings. The second-order valence-electron chi connectivity index (χ2n) is 3.75. The fourth-order valence-electron chi connectivity index (χ4n) is 1.36. The van der Waals surface area contributed by atoms with Crippen LogP contribution in [0.5, 0.6) is 0 Å². The number of rotatable bonds is 4. The lowest BCUT2D eigenvalue weighted by atomic mass is 10.3. The molecule has 0 aliphatic heterocycles. The summed E-state index contributed by atoms with van der Waals surface area (Å²) < 4.78 is 1.49. The van der Waals surface area contributed by atoms with E-state index in [4.69, 9.17) is 5.41 Å². The smallest absolute Gasteiger partial charge is 0.257 e. The van der Waals surface area contributed by atoms with Gasteiger partial charge in [0.05, 0.1) is 10.2 Å². The molecule has 0 fully saturated rings. The molecule has 0 atom stereocenters. The van der Waals surface area contributed by atoms with Crippen LogP contribution in [0.1, 0.15) is 25.5 Å². The van der Waals surface area contributed by atoms with Gasteiger partial charge < -0.3 is 10.1 Å². The molecule has 1 aromatic heterocycles. The molecular weight excluding hydrogens is 272 g/mol. The number of anilines is 1. The zero-order valence-electron chi connectivity index (χ0n) is 9.79. The van der Waals surface area contributed by atoms with Gasteiger partial charge in [0.15, 0.2) is 0 Å². The molecule has 0 spiro atoms. The number of unbranched alkanes of at least 4 members (excludes halogenated alkanes) is 1. The number of aromatic nitrogens is 2. The quantitative estimate of drug-likeness (QED) is 0.832. The first-order valence-corrected chi connectivity index (χ1v) is 6.02. The maximum Gasteiger partial charge on any atom is 0.257 e. The summed E-state index contributed by atoms with van der Waals surface area (Å²) in [5.41, 5.74) is 0.428. The van der Waals surface area contributed by atoms with E-state index in [1.165, 1.54) is 0 Å². The Balaban J connectivity index is 3.10. The molecule has 0 saturated carbocycles. The number of hydrogen-bond acceptors (Lipinski definition) is 4. The van der Waals surface area contributed by atoms with Gasteiger partial charge in [-0.2, -0.15) is 9.71 Å². The predicted octanol–water partition coefficient (Wildman–Crippen LogP) is 1.91. The van der Waals surface area contributed by atoms with Gasteiger partial charge in [-0.05, 0) is 29.3 Å². The average molecular weight is 289 g/mol. The summed E-state index contributed by atoms with van der Waals surface area (Å²) in [5.74, 6) is 0.696. The lowest BCUT2D eigenvalue weighted by molar-refractivity contribution is 0.158. The summed E-state index contributed by atoms with van der Waals surface area (Å²) in [6.07, 6.45) is 2.19. The van der Waals surface area contributed by atoms with Crippen molar-refractivity contribution in [1.29, 1.82) is 5.41 Å².